The number of hydrogen-bond donors (Lipinski definition) is 1. The van der Waals surface area contributed by atoms with Crippen molar-refractivity contribution in [1.82, 2.24) is 15.0 Å². The smallest absolute Gasteiger partial charge is 0.341 e. The number of imidazole rings is 1. The van der Waals surface area contributed by atoms with Crippen molar-refractivity contribution in [2.75, 3.05) is 0 Å². The molecule has 3 nitrogen and oxygen atoms in total. The summed E-state index contributed by atoms with van der Waals surface area (Å²) in [5.41, 5.74) is 0.547. The molecule has 0 saturated heterocycles. The van der Waals surface area contributed by atoms with Crippen molar-refractivity contribution < 1.29 is 17.6 Å². The minimum absolute atomic E-state index is 0.141. The lowest BCUT2D eigenvalue weighted by atomic mass is 9.61. The largest absolute Gasteiger partial charge is 0.399 e. The van der Waals surface area contributed by atoms with Gasteiger partial charge in [0.15, 0.2) is 0 Å². The molecule has 1 atom stereocenters. The summed E-state index contributed by atoms with van der Waals surface area (Å²) in [6.45, 7) is 0. The molecule has 0 amide bonds. The van der Waals surface area contributed by atoms with Gasteiger partial charge in [0.25, 0.3) is 0 Å². The number of alkyl halides is 3. The molecular formula is C24H20ClF4N3. The molecule has 0 aliphatic heterocycles. The third-order valence-corrected chi connectivity index (χ3v) is 6.84. The molecule has 2 aromatic heterocycles. The quantitative estimate of drug-likeness (QED) is 0.322. The summed E-state index contributed by atoms with van der Waals surface area (Å²) in [5, 5.41) is 0.835. The van der Waals surface area contributed by atoms with Crippen molar-refractivity contribution in [3.8, 4) is 0 Å². The summed E-state index contributed by atoms with van der Waals surface area (Å²) in [5.74, 6) is -2.52. The molecule has 1 aliphatic carbocycles. The number of hydrogen-bond acceptors (Lipinski definition) is 2. The first kappa shape index (κ1) is 21.2. The van der Waals surface area contributed by atoms with Crippen LogP contribution in [0.1, 0.15) is 49.4 Å². The molecule has 5 rings (SSSR count). The van der Waals surface area contributed by atoms with Crippen molar-refractivity contribution in [2.45, 2.75) is 49.6 Å². The van der Waals surface area contributed by atoms with E-state index in [1.54, 1.807) is 24.3 Å². The molecule has 32 heavy (non-hydrogen) atoms. The van der Waals surface area contributed by atoms with Crippen LogP contribution in [-0.4, -0.2) is 21.1 Å². The Morgan fingerprint density at radius 1 is 0.969 bits per heavy atom. The van der Waals surface area contributed by atoms with E-state index in [9.17, 15) is 17.6 Å². The number of H-pyrrole nitrogens is 1. The van der Waals surface area contributed by atoms with Crippen molar-refractivity contribution in [3.05, 3.63) is 70.9 Å². The van der Waals surface area contributed by atoms with Gasteiger partial charge in [-0.2, -0.15) is 13.2 Å². The Morgan fingerprint density at radius 3 is 2.47 bits per heavy atom. The van der Waals surface area contributed by atoms with E-state index in [0.717, 1.165) is 6.42 Å². The predicted octanol–water partition coefficient (Wildman–Crippen LogP) is 7.45. The molecule has 0 unspecified atom stereocenters. The standard InChI is InChI=1S/C24H20ClF4N3/c25-14-4-6-19-20(12-14)32-22(31-19)21(24(27,28)29)23(9-2-1-3-10-23)17-8-11-30-18-7-5-15(26)13-16(17)18/h4-8,11-13,21H,1-3,9-10H2,(H,31,32)/t21-/m1/s1. The van der Waals surface area contributed by atoms with Crippen molar-refractivity contribution in [1.29, 1.82) is 0 Å². The van der Waals surface area contributed by atoms with Crippen LogP contribution < -0.4 is 0 Å². The van der Waals surface area contributed by atoms with Gasteiger partial charge in [-0.1, -0.05) is 30.9 Å². The highest BCUT2D eigenvalue weighted by molar-refractivity contribution is 6.31. The van der Waals surface area contributed by atoms with E-state index in [-0.39, 0.29) is 5.82 Å². The van der Waals surface area contributed by atoms with Crippen LogP contribution in [0.3, 0.4) is 0 Å². The van der Waals surface area contributed by atoms with Gasteiger partial charge in [-0.05, 0) is 60.9 Å². The van der Waals surface area contributed by atoms with Crippen LogP contribution in [0.15, 0.2) is 48.7 Å². The fraction of sp³-hybridized carbons (Fsp3) is 0.333. The number of pyridine rings is 1. The summed E-state index contributed by atoms with van der Waals surface area (Å²) < 4.78 is 58.7. The Hall–Kier alpha value is -2.67. The molecule has 4 aromatic rings. The molecule has 8 heteroatoms. The summed E-state index contributed by atoms with van der Waals surface area (Å²) in [7, 11) is 0. The first-order valence-electron chi connectivity index (χ1n) is 10.5. The second-order valence-corrected chi connectivity index (χ2v) is 8.93. The Kier molecular flexibility index (Phi) is 5.12. The van der Waals surface area contributed by atoms with Crippen LogP contribution in [0.2, 0.25) is 5.02 Å². The van der Waals surface area contributed by atoms with Gasteiger partial charge < -0.3 is 4.98 Å². The predicted molar refractivity (Wildman–Crippen MR) is 116 cm³/mol. The van der Waals surface area contributed by atoms with Crippen LogP contribution in [0, 0.1) is 5.82 Å². The third-order valence-electron chi connectivity index (χ3n) is 6.60. The Morgan fingerprint density at radius 2 is 1.72 bits per heavy atom. The lowest BCUT2D eigenvalue weighted by Crippen LogP contribution is -2.44. The fourth-order valence-corrected chi connectivity index (χ4v) is 5.49. The maximum Gasteiger partial charge on any atom is 0.399 e. The van der Waals surface area contributed by atoms with Crippen molar-refractivity contribution >= 4 is 33.5 Å². The van der Waals surface area contributed by atoms with Gasteiger partial charge in [-0.15, -0.1) is 0 Å². The zero-order chi connectivity index (χ0) is 22.5. The first-order valence-corrected chi connectivity index (χ1v) is 10.9. The average molecular weight is 462 g/mol. The molecule has 1 N–H and O–H groups in total. The molecule has 1 saturated carbocycles. The maximum atomic E-state index is 14.8. The lowest BCUT2D eigenvalue weighted by molar-refractivity contribution is -0.172. The summed E-state index contributed by atoms with van der Waals surface area (Å²) in [4.78, 5) is 11.5. The zero-order valence-electron chi connectivity index (χ0n) is 17.0. The Labute approximate surface area is 186 Å². The van der Waals surface area contributed by atoms with Gasteiger partial charge in [0, 0.05) is 22.0 Å². The Balaban J connectivity index is 1.79. The number of rotatable bonds is 3. The third kappa shape index (κ3) is 3.52. The van der Waals surface area contributed by atoms with Gasteiger partial charge in [0.2, 0.25) is 0 Å². The van der Waals surface area contributed by atoms with Crippen molar-refractivity contribution in [2.24, 2.45) is 0 Å². The van der Waals surface area contributed by atoms with Gasteiger partial charge in [-0.3, -0.25) is 4.98 Å². The summed E-state index contributed by atoms with van der Waals surface area (Å²) in [6.07, 6.45) is -0.250. The van der Waals surface area contributed by atoms with Gasteiger partial charge in [-0.25, -0.2) is 9.37 Å². The lowest BCUT2D eigenvalue weighted by Gasteiger charge is -2.44. The molecule has 1 aliphatic rings. The topological polar surface area (TPSA) is 41.6 Å². The van der Waals surface area contributed by atoms with Crippen LogP contribution in [0.5, 0.6) is 0 Å². The second kappa shape index (κ2) is 7.73. The number of halogens is 5. The highest BCUT2D eigenvalue weighted by Crippen LogP contribution is 2.56. The van der Waals surface area contributed by atoms with E-state index in [1.165, 1.54) is 24.4 Å². The van der Waals surface area contributed by atoms with E-state index in [1.807, 2.05) is 0 Å². The number of nitrogens with one attached hydrogen (secondary N) is 1. The minimum Gasteiger partial charge on any atom is -0.341 e. The highest BCUT2D eigenvalue weighted by atomic mass is 35.5. The molecule has 1 fully saturated rings. The fourth-order valence-electron chi connectivity index (χ4n) is 5.32. The molecule has 0 bridgehead atoms. The Bertz CT molecular complexity index is 1290. The molecule has 0 radical (unpaired) electrons. The van der Waals surface area contributed by atoms with E-state index in [2.05, 4.69) is 15.0 Å². The number of fused-ring (bicyclic) bond motifs is 2. The normalized spacial score (nSPS) is 17.7. The monoisotopic (exact) mass is 461 g/mol. The summed E-state index contributed by atoms with van der Waals surface area (Å²) >= 11 is 6.04. The van der Waals surface area contributed by atoms with E-state index in [0.29, 0.717) is 58.2 Å². The summed E-state index contributed by atoms with van der Waals surface area (Å²) in [6, 6.07) is 10.5. The number of benzene rings is 2. The van der Waals surface area contributed by atoms with Crippen molar-refractivity contribution in [3.63, 3.8) is 0 Å². The van der Waals surface area contributed by atoms with E-state index < -0.39 is 23.3 Å². The van der Waals surface area contributed by atoms with Crippen LogP contribution >= 0.6 is 11.6 Å². The van der Waals surface area contributed by atoms with Crippen LogP contribution in [0.4, 0.5) is 17.6 Å². The number of nitrogens with zero attached hydrogens (tertiary/aromatic N) is 2. The molecule has 166 valence electrons. The molecule has 2 heterocycles. The van der Waals surface area contributed by atoms with Gasteiger partial charge in [0.1, 0.15) is 17.6 Å². The second-order valence-electron chi connectivity index (χ2n) is 8.49. The first-order chi connectivity index (χ1) is 15.3. The average Bonchev–Trinajstić information content (AvgIpc) is 3.14. The number of aromatic nitrogens is 3. The number of aromatic amines is 1. The minimum atomic E-state index is -4.57. The van der Waals surface area contributed by atoms with Gasteiger partial charge in [0.05, 0.1) is 16.6 Å². The molecule has 2 aromatic carbocycles. The van der Waals surface area contributed by atoms with E-state index in [4.69, 9.17) is 11.6 Å². The molecule has 0 spiro atoms. The SMILES string of the molecule is Fc1ccc2nccc(C3([C@@H](c4nc5ccc(Cl)cc5[nH]4)C(F)(F)F)CCCCC3)c2c1. The maximum absolute atomic E-state index is 14.8. The van der Waals surface area contributed by atoms with E-state index >= 15 is 0 Å². The zero-order valence-corrected chi connectivity index (χ0v) is 17.8. The van der Waals surface area contributed by atoms with Gasteiger partial charge >= 0.3 is 6.18 Å². The van der Waals surface area contributed by atoms with Crippen LogP contribution in [-0.2, 0) is 5.41 Å². The highest BCUT2D eigenvalue weighted by Gasteiger charge is 2.57. The van der Waals surface area contributed by atoms with Crippen LogP contribution in [0.25, 0.3) is 21.9 Å². The molecular weight excluding hydrogens is 442 g/mol.